The summed E-state index contributed by atoms with van der Waals surface area (Å²) >= 11 is 0. The van der Waals surface area contributed by atoms with Gasteiger partial charge in [0.15, 0.2) is 0 Å². The lowest BCUT2D eigenvalue weighted by molar-refractivity contribution is 0.102. The topological polar surface area (TPSA) is 29.1 Å². The third kappa shape index (κ3) is 2.74. The molecule has 0 heterocycles. The highest BCUT2D eigenvalue weighted by molar-refractivity contribution is 6.04. The van der Waals surface area contributed by atoms with Crippen LogP contribution in [0.3, 0.4) is 0 Å². The van der Waals surface area contributed by atoms with Crippen LogP contribution in [0, 0.1) is 19.7 Å². The average Bonchev–Trinajstić information content (AvgIpc) is 2.34. The van der Waals surface area contributed by atoms with E-state index in [1.165, 1.54) is 6.07 Å². The van der Waals surface area contributed by atoms with Gasteiger partial charge in [0.2, 0.25) is 0 Å². The van der Waals surface area contributed by atoms with E-state index in [9.17, 15) is 9.18 Å². The Morgan fingerprint density at radius 2 is 1.61 bits per heavy atom. The molecule has 0 spiro atoms. The summed E-state index contributed by atoms with van der Waals surface area (Å²) in [6, 6.07) is 11.8. The maximum Gasteiger partial charge on any atom is 0.255 e. The van der Waals surface area contributed by atoms with E-state index in [0.29, 0.717) is 5.56 Å². The Balaban J connectivity index is 2.21. The van der Waals surface area contributed by atoms with Crippen LogP contribution in [0.5, 0.6) is 0 Å². The van der Waals surface area contributed by atoms with Gasteiger partial charge in [-0.3, -0.25) is 4.79 Å². The smallest absolute Gasteiger partial charge is 0.255 e. The van der Waals surface area contributed by atoms with Crippen molar-refractivity contribution in [3.63, 3.8) is 0 Å². The molecule has 0 saturated carbocycles. The number of nitrogens with one attached hydrogen (secondary N) is 1. The molecule has 0 radical (unpaired) electrons. The van der Waals surface area contributed by atoms with Gasteiger partial charge in [-0.15, -0.1) is 0 Å². The molecule has 1 amide bonds. The lowest BCUT2D eigenvalue weighted by Crippen LogP contribution is -2.13. The molecule has 0 atom stereocenters. The highest BCUT2D eigenvalue weighted by Gasteiger charge is 2.09. The molecular weight excluding hydrogens is 229 g/mol. The minimum atomic E-state index is -0.430. The second-order valence-electron chi connectivity index (χ2n) is 4.30. The van der Waals surface area contributed by atoms with Gasteiger partial charge in [-0.1, -0.05) is 23.8 Å². The van der Waals surface area contributed by atoms with Crippen LogP contribution < -0.4 is 5.32 Å². The third-order valence-corrected chi connectivity index (χ3v) is 2.68. The molecule has 3 heteroatoms. The first-order valence-electron chi connectivity index (χ1n) is 5.70. The first kappa shape index (κ1) is 12.3. The molecule has 0 unspecified atom stereocenters. The number of benzene rings is 2. The lowest BCUT2D eigenvalue weighted by Gasteiger charge is -2.07. The molecule has 2 aromatic carbocycles. The van der Waals surface area contributed by atoms with Crippen LogP contribution in [0.4, 0.5) is 10.1 Å². The van der Waals surface area contributed by atoms with E-state index in [0.717, 1.165) is 11.1 Å². The SMILES string of the molecule is Cc1ccc(C(=O)Nc2cc(C)ccc2F)cc1. The maximum atomic E-state index is 13.5. The Morgan fingerprint density at radius 1 is 1.00 bits per heavy atom. The molecule has 18 heavy (non-hydrogen) atoms. The molecule has 2 aromatic rings. The number of carbonyl (C=O) groups excluding carboxylic acids is 1. The van der Waals surface area contributed by atoms with Gasteiger partial charge in [-0.2, -0.15) is 0 Å². The zero-order chi connectivity index (χ0) is 13.1. The van der Waals surface area contributed by atoms with E-state index in [1.54, 1.807) is 24.3 Å². The van der Waals surface area contributed by atoms with Crippen molar-refractivity contribution in [1.82, 2.24) is 0 Å². The summed E-state index contributed by atoms with van der Waals surface area (Å²) in [7, 11) is 0. The standard InChI is InChI=1S/C15H14FNO/c1-10-3-6-12(7-4-10)15(18)17-14-9-11(2)5-8-13(14)16/h3-9H,1-2H3,(H,17,18). The van der Waals surface area contributed by atoms with E-state index in [4.69, 9.17) is 0 Å². The number of carbonyl (C=O) groups is 1. The quantitative estimate of drug-likeness (QED) is 0.856. The molecule has 0 aliphatic carbocycles. The molecule has 2 rings (SSSR count). The van der Waals surface area contributed by atoms with E-state index >= 15 is 0 Å². The Morgan fingerprint density at radius 3 is 2.28 bits per heavy atom. The van der Waals surface area contributed by atoms with Crippen molar-refractivity contribution >= 4 is 11.6 Å². The first-order valence-corrected chi connectivity index (χ1v) is 5.70. The predicted octanol–water partition coefficient (Wildman–Crippen LogP) is 3.69. The van der Waals surface area contributed by atoms with Gasteiger partial charge in [0, 0.05) is 5.56 Å². The van der Waals surface area contributed by atoms with E-state index in [-0.39, 0.29) is 11.6 Å². The van der Waals surface area contributed by atoms with Gasteiger partial charge in [0.1, 0.15) is 5.82 Å². The van der Waals surface area contributed by atoms with Gasteiger partial charge in [-0.25, -0.2) is 4.39 Å². The number of amides is 1. The fourth-order valence-electron chi connectivity index (χ4n) is 1.63. The minimum absolute atomic E-state index is 0.209. The second-order valence-corrected chi connectivity index (χ2v) is 4.30. The van der Waals surface area contributed by atoms with Crippen molar-refractivity contribution in [1.29, 1.82) is 0 Å². The molecule has 1 N–H and O–H groups in total. The molecule has 0 fully saturated rings. The summed E-state index contributed by atoms with van der Waals surface area (Å²) in [6.07, 6.45) is 0. The lowest BCUT2D eigenvalue weighted by atomic mass is 10.1. The van der Waals surface area contributed by atoms with Crippen molar-refractivity contribution in [2.45, 2.75) is 13.8 Å². The maximum absolute atomic E-state index is 13.5. The average molecular weight is 243 g/mol. The third-order valence-electron chi connectivity index (χ3n) is 2.68. The summed E-state index contributed by atoms with van der Waals surface area (Å²) < 4.78 is 13.5. The van der Waals surface area contributed by atoms with E-state index < -0.39 is 5.82 Å². The van der Waals surface area contributed by atoms with Crippen molar-refractivity contribution in [2.75, 3.05) is 5.32 Å². The van der Waals surface area contributed by atoms with Crippen LogP contribution in [-0.2, 0) is 0 Å². The number of anilines is 1. The van der Waals surface area contributed by atoms with E-state index in [2.05, 4.69) is 5.32 Å². The predicted molar refractivity (Wildman–Crippen MR) is 70.3 cm³/mol. The zero-order valence-electron chi connectivity index (χ0n) is 10.3. The van der Waals surface area contributed by atoms with E-state index in [1.807, 2.05) is 26.0 Å². The van der Waals surface area contributed by atoms with Gasteiger partial charge in [0.25, 0.3) is 5.91 Å². The van der Waals surface area contributed by atoms with Gasteiger partial charge in [-0.05, 0) is 43.7 Å². The highest BCUT2D eigenvalue weighted by atomic mass is 19.1. The Hall–Kier alpha value is -2.16. The summed E-state index contributed by atoms with van der Waals surface area (Å²) in [4.78, 5) is 11.9. The molecule has 0 aliphatic heterocycles. The van der Waals surface area contributed by atoms with Crippen LogP contribution in [0.1, 0.15) is 21.5 Å². The molecule has 0 bridgehead atoms. The number of halogens is 1. The largest absolute Gasteiger partial charge is 0.319 e. The van der Waals surface area contributed by atoms with Gasteiger partial charge in [0.05, 0.1) is 5.69 Å². The van der Waals surface area contributed by atoms with Crippen molar-refractivity contribution in [2.24, 2.45) is 0 Å². The highest BCUT2D eigenvalue weighted by Crippen LogP contribution is 2.16. The number of aryl methyl sites for hydroxylation is 2. The Labute approximate surface area is 105 Å². The van der Waals surface area contributed by atoms with Crippen LogP contribution in [0.2, 0.25) is 0 Å². The second kappa shape index (κ2) is 5.00. The van der Waals surface area contributed by atoms with Crippen molar-refractivity contribution < 1.29 is 9.18 Å². The van der Waals surface area contributed by atoms with Crippen molar-refractivity contribution in [3.05, 3.63) is 65.0 Å². The summed E-state index contributed by atoms with van der Waals surface area (Å²) in [5.41, 5.74) is 2.70. The fourth-order valence-corrected chi connectivity index (χ4v) is 1.63. The van der Waals surface area contributed by atoms with Crippen molar-refractivity contribution in [3.8, 4) is 0 Å². The molecule has 0 aromatic heterocycles. The number of rotatable bonds is 2. The molecule has 92 valence electrons. The monoisotopic (exact) mass is 243 g/mol. The van der Waals surface area contributed by atoms with Gasteiger partial charge >= 0.3 is 0 Å². The molecule has 0 saturated heterocycles. The normalized spacial score (nSPS) is 10.2. The molecule has 2 nitrogen and oxygen atoms in total. The summed E-state index contributed by atoms with van der Waals surface area (Å²) in [5, 5.41) is 2.57. The first-order chi connectivity index (χ1) is 8.56. The number of hydrogen-bond donors (Lipinski definition) is 1. The Kier molecular flexibility index (Phi) is 3.42. The number of hydrogen-bond acceptors (Lipinski definition) is 1. The Bertz CT molecular complexity index is 576. The fraction of sp³-hybridized carbons (Fsp3) is 0.133. The minimum Gasteiger partial charge on any atom is -0.319 e. The van der Waals surface area contributed by atoms with Crippen LogP contribution in [0.15, 0.2) is 42.5 Å². The van der Waals surface area contributed by atoms with Crippen LogP contribution in [-0.4, -0.2) is 5.91 Å². The zero-order valence-corrected chi connectivity index (χ0v) is 10.3. The summed E-state index contributed by atoms with van der Waals surface area (Å²) in [6.45, 7) is 3.79. The van der Waals surface area contributed by atoms with Gasteiger partial charge < -0.3 is 5.32 Å². The molecular formula is C15H14FNO. The van der Waals surface area contributed by atoms with Crippen LogP contribution >= 0.6 is 0 Å². The summed E-state index contributed by atoms with van der Waals surface area (Å²) in [5.74, 6) is -0.736. The molecule has 0 aliphatic rings. The van der Waals surface area contributed by atoms with Crippen LogP contribution in [0.25, 0.3) is 0 Å².